The first-order valence-corrected chi connectivity index (χ1v) is 10.2. The molecule has 0 saturated carbocycles. The number of halogens is 2. The standard InChI is InChI=1S/C14H16ClIN2O2S/c1-9(15)14-17-12-8-10(16)2-3-13(12)18(14)11-4-6-21(19,20)7-5-11/h2-3,8-9,11H,4-7H2,1H3. The van der Waals surface area contributed by atoms with E-state index in [9.17, 15) is 8.42 Å². The minimum Gasteiger partial charge on any atom is -0.324 e. The van der Waals surface area contributed by atoms with E-state index in [0.717, 1.165) is 20.4 Å². The predicted octanol–water partition coefficient (Wildman–Crippen LogP) is 3.69. The van der Waals surface area contributed by atoms with Crippen molar-refractivity contribution in [2.75, 3.05) is 11.5 Å². The monoisotopic (exact) mass is 438 g/mol. The number of imidazole rings is 1. The molecule has 0 aliphatic carbocycles. The van der Waals surface area contributed by atoms with Crippen molar-refractivity contribution >= 4 is 55.1 Å². The molecule has 1 unspecified atom stereocenters. The Morgan fingerprint density at radius 3 is 2.67 bits per heavy atom. The van der Waals surface area contributed by atoms with E-state index in [1.807, 2.05) is 19.1 Å². The van der Waals surface area contributed by atoms with E-state index in [-0.39, 0.29) is 22.9 Å². The quantitative estimate of drug-likeness (QED) is 0.531. The summed E-state index contributed by atoms with van der Waals surface area (Å²) in [6.45, 7) is 1.91. The predicted molar refractivity (Wildman–Crippen MR) is 93.6 cm³/mol. The van der Waals surface area contributed by atoms with Gasteiger partial charge in [0.05, 0.1) is 27.9 Å². The van der Waals surface area contributed by atoms with E-state index in [0.29, 0.717) is 12.8 Å². The van der Waals surface area contributed by atoms with Crippen molar-refractivity contribution in [2.24, 2.45) is 0 Å². The molecule has 1 aliphatic rings. The average molecular weight is 439 g/mol. The Morgan fingerprint density at radius 1 is 1.38 bits per heavy atom. The summed E-state index contributed by atoms with van der Waals surface area (Å²) in [5.74, 6) is 1.33. The summed E-state index contributed by atoms with van der Waals surface area (Å²) < 4.78 is 26.6. The highest BCUT2D eigenvalue weighted by atomic mass is 127. The van der Waals surface area contributed by atoms with Crippen LogP contribution in [0.1, 0.15) is 37.0 Å². The van der Waals surface area contributed by atoms with Crippen molar-refractivity contribution in [2.45, 2.75) is 31.2 Å². The Balaban J connectivity index is 2.10. The van der Waals surface area contributed by atoms with Gasteiger partial charge in [-0.2, -0.15) is 0 Å². The zero-order valence-corrected chi connectivity index (χ0v) is 15.3. The molecule has 1 saturated heterocycles. The van der Waals surface area contributed by atoms with Crippen LogP contribution in [0.5, 0.6) is 0 Å². The summed E-state index contributed by atoms with van der Waals surface area (Å²) in [7, 11) is -2.87. The second kappa shape index (κ2) is 5.70. The summed E-state index contributed by atoms with van der Waals surface area (Å²) in [5.41, 5.74) is 1.97. The van der Waals surface area contributed by atoms with Gasteiger partial charge in [-0.05, 0) is 60.6 Å². The maximum Gasteiger partial charge on any atom is 0.150 e. The highest BCUT2D eigenvalue weighted by Gasteiger charge is 2.28. The smallest absolute Gasteiger partial charge is 0.150 e. The van der Waals surface area contributed by atoms with Gasteiger partial charge in [-0.3, -0.25) is 0 Å². The van der Waals surface area contributed by atoms with Gasteiger partial charge in [0.1, 0.15) is 15.7 Å². The third-order valence-corrected chi connectivity index (χ3v) is 6.51. The maximum atomic E-state index is 11.6. The van der Waals surface area contributed by atoms with Crippen LogP contribution in [0.15, 0.2) is 18.2 Å². The molecule has 3 rings (SSSR count). The highest BCUT2D eigenvalue weighted by molar-refractivity contribution is 14.1. The van der Waals surface area contributed by atoms with Crippen molar-refractivity contribution in [3.05, 3.63) is 27.6 Å². The van der Waals surface area contributed by atoms with Crippen molar-refractivity contribution in [3.8, 4) is 0 Å². The van der Waals surface area contributed by atoms with Crippen LogP contribution in [-0.4, -0.2) is 29.5 Å². The van der Waals surface area contributed by atoms with Gasteiger partial charge in [0, 0.05) is 9.61 Å². The lowest BCUT2D eigenvalue weighted by atomic mass is 10.1. The molecule has 0 N–H and O–H groups in total. The summed E-state index contributed by atoms with van der Waals surface area (Å²) in [6.07, 6.45) is 1.27. The molecular weight excluding hydrogens is 423 g/mol. The first-order chi connectivity index (χ1) is 9.87. The molecule has 1 aliphatic heterocycles. The van der Waals surface area contributed by atoms with Crippen LogP contribution in [0, 0.1) is 3.57 Å². The fourth-order valence-electron chi connectivity index (χ4n) is 2.89. The molecule has 0 radical (unpaired) electrons. The van der Waals surface area contributed by atoms with Crippen LogP contribution >= 0.6 is 34.2 Å². The third kappa shape index (κ3) is 3.07. The van der Waals surface area contributed by atoms with Crippen LogP contribution in [-0.2, 0) is 9.84 Å². The van der Waals surface area contributed by atoms with E-state index in [2.05, 4.69) is 38.2 Å². The largest absolute Gasteiger partial charge is 0.324 e. The Bertz CT molecular complexity index is 772. The third-order valence-electron chi connectivity index (χ3n) is 3.92. The van der Waals surface area contributed by atoms with Gasteiger partial charge in [-0.25, -0.2) is 13.4 Å². The molecule has 1 fully saturated rings. The SMILES string of the molecule is CC(Cl)c1nc2cc(I)ccc2n1C1CCS(=O)(=O)CC1. The molecule has 21 heavy (non-hydrogen) atoms. The Hall–Kier alpha value is -0.340. The molecule has 0 amide bonds. The molecule has 1 aromatic heterocycles. The van der Waals surface area contributed by atoms with E-state index in [1.165, 1.54) is 0 Å². The second-order valence-electron chi connectivity index (χ2n) is 5.47. The van der Waals surface area contributed by atoms with Crippen molar-refractivity contribution in [1.82, 2.24) is 9.55 Å². The summed E-state index contributed by atoms with van der Waals surface area (Å²) in [5, 5.41) is -0.200. The van der Waals surface area contributed by atoms with E-state index in [4.69, 9.17) is 11.6 Å². The first-order valence-electron chi connectivity index (χ1n) is 6.89. The molecule has 0 bridgehead atoms. The van der Waals surface area contributed by atoms with Gasteiger partial charge in [0.2, 0.25) is 0 Å². The lowest BCUT2D eigenvalue weighted by Gasteiger charge is -2.26. The normalized spacial score (nSPS) is 20.7. The minimum atomic E-state index is -2.87. The lowest BCUT2D eigenvalue weighted by molar-refractivity contribution is 0.446. The van der Waals surface area contributed by atoms with E-state index >= 15 is 0 Å². The Kier molecular flexibility index (Phi) is 4.22. The number of nitrogens with zero attached hydrogens (tertiary/aromatic N) is 2. The van der Waals surface area contributed by atoms with Crippen LogP contribution < -0.4 is 0 Å². The number of sulfone groups is 1. The van der Waals surface area contributed by atoms with Crippen LogP contribution in [0.4, 0.5) is 0 Å². The van der Waals surface area contributed by atoms with Gasteiger partial charge in [-0.15, -0.1) is 11.6 Å². The van der Waals surface area contributed by atoms with Gasteiger partial charge in [0.25, 0.3) is 0 Å². The van der Waals surface area contributed by atoms with Crippen molar-refractivity contribution < 1.29 is 8.42 Å². The van der Waals surface area contributed by atoms with Crippen molar-refractivity contribution in [1.29, 1.82) is 0 Å². The lowest BCUT2D eigenvalue weighted by Crippen LogP contribution is -2.26. The topological polar surface area (TPSA) is 52.0 Å². The Morgan fingerprint density at radius 2 is 2.05 bits per heavy atom. The van der Waals surface area contributed by atoms with E-state index < -0.39 is 9.84 Å². The summed E-state index contributed by atoms with van der Waals surface area (Å²) >= 11 is 8.55. The molecule has 2 heterocycles. The number of rotatable bonds is 2. The minimum absolute atomic E-state index is 0.162. The number of fused-ring (bicyclic) bond motifs is 1. The molecule has 4 nitrogen and oxygen atoms in total. The average Bonchev–Trinajstić information content (AvgIpc) is 2.77. The van der Waals surface area contributed by atoms with E-state index in [1.54, 1.807) is 0 Å². The number of alkyl halides is 1. The number of hydrogen-bond acceptors (Lipinski definition) is 3. The molecule has 114 valence electrons. The molecule has 0 spiro atoms. The van der Waals surface area contributed by atoms with Gasteiger partial charge in [0.15, 0.2) is 0 Å². The van der Waals surface area contributed by atoms with Gasteiger partial charge in [-0.1, -0.05) is 0 Å². The zero-order chi connectivity index (χ0) is 15.2. The fourth-order valence-corrected chi connectivity index (χ4v) is 4.99. The fraction of sp³-hybridized carbons (Fsp3) is 0.500. The molecule has 1 aromatic carbocycles. The summed E-state index contributed by atoms with van der Waals surface area (Å²) in [4.78, 5) is 4.66. The first kappa shape index (κ1) is 15.6. The van der Waals surface area contributed by atoms with Gasteiger partial charge >= 0.3 is 0 Å². The number of aromatic nitrogens is 2. The molecular formula is C14H16ClIN2O2S. The van der Waals surface area contributed by atoms with Crippen LogP contribution in [0.3, 0.4) is 0 Å². The molecule has 2 aromatic rings. The summed E-state index contributed by atoms with van der Waals surface area (Å²) in [6, 6.07) is 6.29. The Labute approximate surface area is 142 Å². The zero-order valence-electron chi connectivity index (χ0n) is 11.6. The van der Waals surface area contributed by atoms with Crippen LogP contribution in [0.2, 0.25) is 0 Å². The highest BCUT2D eigenvalue weighted by Crippen LogP contribution is 2.33. The molecule has 7 heteroatoms. The molecule has 1 atom stereocenters. The van der Waals surface area contributed by atoms with Crippen molar-refractivity contribution in [3.63, 3.8) is 0 Å². The van der Waals surface area contributed by atoms with Crippen LogP contribution in [0.25, 0.3) is 11.0 Å². The van der Waals surface area contributed by atoms with Gasteiger partial charge < -0.3 is 4.57 Å². The second-order valence-corrected chi connectivity index (χ2v) is 9.68. The number of benzene rings is 1. The maximum absolute atomic E-state index is 11.6. The number of hydrogen-bond donors (Lipinski definition) is 0.